The Labute approximate surface area is 114 Å². The van der Waals surface area contributed by atoms with Crippen LogP contribution in [0.5, 0.6) is 0 Å². The Morgan fingerprint density at radius 3 is 2.21 bits per heavy atom. The Morgan fingerprint density at radius 1 is 1.00 bits per heavy atom. The third-order valence-electron chi connectivity index (χ3n) is 5.38. The number of hydrogen-bond acceptors (Lipinski definition) is 2. The molecule has 104 valence electrons. The van der Waals surface area contributed by atoms with E-state index in [9.17, 15) is 9.59 Å². The number of rotatable bonds is 3. The first-order valence-electron chi connectivity index (χ1n) is 7.81. The molecule has 2 aliphatic carbocycles. The van der Waals surface area contributed by atoms with Gasteiger partial charge in [0, 0.05) is 12.6 Å². The molecule has 0 aromatic carbocycles. The Bertz CT molecular complexity index is 416. The third kappa shape index (κ3) is 1.72. The fourth-order valence-electron chi connectivity index (χ4n) is 4.13. The van der Waals surface area contributed by atoms with Crippen LogP contribution in [0.15, 0.2) is 0 Å². The van der Waals surface area contributed by atoms with Crippen LogP contribution in [-0.4, -0.2) is 46.3 Å². The highest BCUT2D eigenvalue weighted by Gasteiger charge is 2.54. The standard InChI is InChI=1S/C15H22N2O2/c1-9-14(18)16-8-2-3-12(16)15(19)17(9)13(10-4-5-10)11-6-7-11/h9-13H,2-8H2,1H3. The second-order valence-corrected chi connectivity index (χ2v) is 6.78. The molecule has 4 aliphatic rings. The average Bonchev–Trinajstić information content (AvgIpc) is 3.31. The molecule has 4 heteroatoms. The number of nitrogens with zero attached hydrogens (tertiary/aromatic N) is 2. The molecular weight excluding hydrogens is 240 g/mol. The summed E-state index contributed by atoms with van der Waals surface area (Å²) in [6.45, 7) is 2.72. The summed E-state index contributed by atoms with van der Waals surface area (Å²) < 4.78 is 0. The fraction of sp³-hybridized carbons (Fsp3) is 0.867. The Hall–Kier alpha value is -1.06. The molecule has 0 aromatic heterocycles. The van der Waals surface area contributed by atoms with Crippen LogP contribution >= 0.6 is 0 Å². The number of piperazine rings is 1. The molecule has 2 heterocycles. The lowest BCUT2D eigenvalue weighted by molar-refractivity contribution is -0.162. The zero-order chi connectivity index (χ0) is 13.1. The van der Waals surface area contributed by atoms with Crippen LogP contribution in [0.2, 0.25) is 0 Å². The highest BCUT2D eigenvalue weighted by atomic mass is 16.2. The number of carbonyl (C=O) groups excluding carboxylic acids is 2. The normalized spacial score (nSPS) is 35.3. The Balaban J connectivity index is 1.65. The zero-order valence-corrected chi connectivity index (χ0v) is 11.5. The van der Waals surface area contributed by atoms with Gasteiger partial charge in [-0.1, -0.05) is 0 Å². The largest absolute Gasteiger partial charge is 0.329 e. The first-order chi connectivity index (χ1) is 9.18. The van der Waals surface area contributed by atoms with E-state index in [1.807, 2.05) is 16.7 Å². The first kappa shape index (κ1) is 11.7. The van der Waals surface area contributed by atoms with Crippen LogP contribution in [-0.2, 0) is 9.59 Å². The second-order valence-electron chi connectivity index (χ2n) is 6.78. The molecule has 0 radical (unpaired) electrons. The molecule has 0 N–H and O–H groups in total. The predicted molar refractivity (Wildman–Crippen MR) is 70.3 cm³/mol. The van der Waals surface area contributed by atoms with Gasteiger partial charge in [0.25, 0.3) is 0 Å². The van der Waals surface area contributed by atoms with E-state index in [1.54, 1.807) is 0 Å². The minimum atomic E-state index is -0.229. The van der Waals surface area contributed by atoms with Crippen LogP contribution in [0.4, 0.5) is 0 Å². The predicted octanol–water partition coefficient (Wildman–Crippen LogP) is 1.40. The summed E-state index contributed by atoms with van der Waals surface area (Å²) in [6, 6.07) is 0.00551. The molecule has 0 aromatic rings. The summed E-state index contributed by atoms with van der Waals surface area (Å²) in [5.41, 5.74) is 0. The van der Waals surface area contributed by atoms with Crippen molar-refractivity contribution in [3.05, 3.63) is 0 Å². The quantitative estimate of drug-likeness (QED) is 0.771. The molecule has 4 nitrogen and oxygen atoms in total. The summed E-state index contributed by atoms with van der Waals surface area (Å²) in [6.07, 6.45) is 6.86. The minimum absolute atomic E-state index is 0.135. The molecule has 0 spiro atoms. The molecule has 2 unspecified atom stereocenters. The van der Waals surface area contributed by atoms with E-state index < -0.39 is 0 Å². The van der Waals surface area contributed by atoms with Crippen molar-refractivity contribution < 1.29 is 9.59 Å². The van der Waals surface area contributed by atoms with Crippen LogP contribution in [0.1, 0.15) is 45.4 Å². The number of hydrogen-bond donors (Lipinski definition) is 0. The highest BCUT2D eigenvalue weighted by molar-refractivity contribution is 5.97. The SMILES string of the molecule is CC1C(=O)N2CCCC2C(=O)N1C(C1CC1)C1CC1. The van der Waals surface area contributed by atoms with Gasteiger partial charge < -0.3 is 9.80 Å². The van der Waals surface area contributed by atoms with E-state index in [0.29, 0.717) is 17.9 Å². The van der Waals surface area contributed by atoms with E-state index in [4.69, 9.17) is 0 Å². The van der Waals surface area contributed by atoms with Crippen molar-refractivity contribution in [3.8, 4) is 0 Å². The molecule has 19 heavy (non-hydrogen) atoms. The summed E-state index contributed by atoms with van der Waals surface area (Å²) >= 11 is 0. The highest BCUT2D eigenvalue weighted by Crippen LogP contribution is 2.48. The van der Waals surface area contributed by atoms with E-state index in [2.05, 4.69) is 0 Å². The lowest BCUT2D eigenvalue weighted by Crippen LogP contribution is -2.65. The van der Waals surface area contributed by atoms with Gasteiger partial charge in [-0.15, -0.1) is 0 Å². The van der Waals surface area contributed by atoms with Gasteiger partial charge in [-0.2, -0.15) is 0 Å². The van der Waals surface area contributed by atoms with Gasteiger partial charge in [-0.05, 0) is 57.3 Å². The van der Waals surface area contributed by atoms with Crippen molar-refractivity contribution in [3.63, 3.8) is 0 Å². The van der Waals surface area contributed by atoms with Gasteiger partial charge in [-0.3, -0.25) is 9.59 Å². The molecule has 2 saturated carbocycles. The van der Waals surface area contributed by atoms with Crippen LogP contribution < -0.4 is 0 Å². The fourth-order valence-corrected chi connectivity index (χ4v) is 4.13. The van der Waals surface area contributed by atoms with Crippen LogP contribution in [0, 0.1) is 11.8 Å². The topological polar surface area (TPSA) is 40.6 Å². The van der Waals surface area contributed by atoms with Gasteiger partial charge in [0.15, 0.2) is 0 Å². The van der Waals surface area contributed by atoms with Crippen LogP contribution in [0.3, 0.4) is 0 Å². The second kappa shape index (κ2) is 3.97. The molecule has 4 rings (SSSR count). The molecule has 4 fully saturated rings. The summed E-state index contributed by atoms with van der Waals surface area (Å²) in [5, 5.41) is 0. The minimum Gasteiger partial charge on any atom is -0.329 e. The van der Waals surface area contributed by atoms with E-state index >= 15 is 0 Å². The molecule has 0 bridgehead atoms. The lowest BCUT2D eigenvalue weighted by Gasteiger charge is -2.45. The van der Waals surface area contributed by atoms with Gasteiger partial charge >= 0.3 is 0 Å². The van der Waals surface area contributed by atoms with Gasteiger partial charge in [-0.25, -0.2) is 0 Å². The smallest absolute Gasteiger partial charge is 0.246 e. The van der Waals surface area contributed by atoms with Crippen molar-refractivity contribution >= 4 is 11.8 Å². The van der Waals surface area contributed by atoms with Gasteiger partial charge in [0.1, 0.15) is 12.1 Å². The van der Waals surface area contributed by atoms with Gasteiger partial charge in [0.2, 0.25) is 11.8 Å². The zero-order valence-electron chi connectivity index (χ0n) is 11.5. The van der Waals surface area contributed by atoms with Crippen molar-refractivity contribution in [2.45, 2.75) is 63.6 Å². The summed E-state index contributed by atoms with van der Waals surface area (Å²) in [5.74, 6) is 1.79. The molecule has 2 amide bonds. The van der Waals surface area contributed by atoms with Crippen molar-refractivity contribution in [2.24, 2.45) is 11.8 Å². The molecule has 2 aliphatic heterocycles. The maximum atomic E-state index is 12.8. The van der Waals surface area contributed by atoms with Gasteiger partial charge in [0.05, 0.1) is 0 Å². The molecule has 2 saturated heterocycles. The Kier molecular flexibility index (Phi) is 2.45. The number of carbonyl (C=O) groups is 2. The Morgan fingerprint density at radius 2 is 1.63 bits per heavy atom. The lowest BCUT2D eigenvalue weighted by atomic mass is 9.97. The summed E-state index contributed by atoms with van der Waals surface area (Å²) in [7, 11) is 0. The van der Waals surface area contributed by atoms with Crippen molar-refractivity contribution in [2.75, 3.05) is 6.54 Å². The van der Waals surface area contributed by atoms with Crippen molar-refractivity contribution in [1.82, 2.24) is 9.80 Å². The van der Waals surface area contributed by atoms with E-state index in [0.717, 1.165) is 19.4 Å². The monoisotopic (exact) mass is 262 g/mol. The van der Waals surface area contributed by atoms with E-state index in [-0.39, 0.29) is 23.9 Å². The van der Waals surface area contributed by atoms with Crippen LogP contribution in [0.25, 0.3) is 0 Å². The number of amides is 2. The average molecular weight is 262 g/mol. The third-order valence-corrected chi connectivity index (χ3v) is 5.38. The molecule has 2 atom stereocenters. The van der Waals surface area contributed by atoms with Crippen molar-refractivity contribution in [1.29, 1.82) is 0 Å². The first-order valence-corrected chi connectivity index (χ1v) is 7.81. The maximum absolute atomic E-state index is 12.8. The number of fused-ring (bicyclic) bond motifs is 1. The molecular formula is C15H22N2O2. The maximum Gasteiger partial charge on any atom is 0.246 e. The van der Waals surface area contributed by atoms with E-state index in [1.165, 1.54) is 25.7 Å². The summed E-state index contributed by atoms with van der Waals surface area (Å²) in [4.78, 5) is 29.1.